The molecule has 5 heteroatoms. The third kappa shape index (κ3) is 7.20. The maximum Gasteiger partial charge on any atom is 0.161 e. The van der Waals surface area contributed by atoms with E-state index in [1.54, 1.807) is 14.2 Å². The number of hydrogen-bond donors (Lipinski definition) is 0. The van der Waals surface area contributed by atoms with Crippen molar-refractivity contribution in [3.8, 4) is 34.1 Å². The molecule has 0 spiro atoms. The first-order valence-electron chi connectivity index (χ1n) is 15.3. The summed E-state index contributed by atoms with van der Waals surface area (Å²) in [5, 5.41) is 0. The molecule has 0 aliphatic heterocycles. The van der Waals surface area contributed by atoms with Crippen molar-refractivity contribution in [1.82, 2.24) is 14.5 Å². The quantitative estimate of drug-likeness (QED) is 0.167. The van der Waals surface area contributed by atoms with Gasteiger partial charge in [-0.3, -0.25) is 4.90 Å². The number of rotatable bonds is 13. The molecule has 0 bridgehead atoms. The molecule has 5 nitrogen and oxygen atoms in total. The normalized spacial score (nSPS) is 14.0. The predicted octanol–water partition coefficient (Wildman–Crippen LogP) is 8.62. The van der Waals surface area contributed by atoms with E-state index >= 15 is 0 Å². The van der Waals surface area contributed by atoms with Crippen LogP contribution in [0.4, 0.5) is 0 Å². The fourth-order valence-electron chi connectivity index (χ4n) is 6.21. The molecular formula is C36H45N3O2. The number of hydrogen-bond acceptors (Lipinski definition) is 4. The van der Waals surface area contributed by atoms with Gasteiger partial charge in [-0.15, -0.1) is 0 Å². The molecule has 216 valence electrons. The summed E-state index contributed by atoms with van der Waals surface area (Å²) < 4.78 is 13.7. The van der Waals surface area contributed by atoms with Crippen LogP contribution in [0.3, 0.4) is 0 Å². The summed E-state index contributed by atoms with van der Waals surface area (Å²) in [5.74, 6) is 3.35. The minimum Gasteiger partial charge on any atom is -0.493 e. The second kappa shape index (κ2) is 14.4. The first-order chi connectivity index (χ1) is 20.2. The molecule has 0 saturated heterocycles. The third-order valence-corrected chi connectivity index (χ3v) is 8.36. The van der Waals surface area contributed by atoms with Crippen molar-refractivity contribution in [2.75, 3.05) is 20.8 Å². The number of benzene rings is 3. The molecule has 1 fully saturated rings. The van der Waals surface area contributed by atoms with Crippen molar-refractivity contribution in [2.24, 2.45) is 5.92 Å². The standard InChI is InChI=1S/C36H45N3O2/c1-4-5-23-39-32(35(30-17-11-7-12-18-30)37-36(39)31-19-13-8-14-20-31)27-38(25-28-15-9-6-10-16-28)26-29-21-22-33(40-2)34(24-29)41-3/h7-8,11-14,17-22,24,28H,4-6,9-10,15-16,23,25-27H2,1-3H3. The van der Waals surface area contributed by atoms with Gasteiger partial charge in [0.15, 0.2) is 11.5 Å². The SMILES string of the molecule is CCCCn1c(-c2ccccc2)nc(-c2ccccc2)c1CN(Cc1ccc(OC)c(OC)c1)CC1CCCCC1. The Morgan fingerprint density at radius 2 is 1.49 bits per heavy atom. The molecule has 1 aliphatic rings. The fourth-order valence-corrected chi connectivity index (χ4v) is 6.21. The van der Waals surface area contributed by atoms with Gasteiger partial charge < -0.3 is 14.0 Å². The van der Waals surface area contributed by atoms with Crippen LogP contribution in [-0.2, 0) is 19.6 Å². The topological polar surface area (TPSA) is 39.5 Å². The minimum atomic E-state index is 0.727. The Morgan fingerprint density at radius 1 is 0.805 bits per heavy atom. The van der Waals surface area contributed by atoms with E-state index in [0.29, 0.717) is 0 Å². The molecule has 0 radical (unpaired) electrons. The van der Waals surface area contributed by atoms with E-state index in [9.17, 15) is 0 Å². The summed E-state index contributed by atoms with van der Waals surface area (Å²) >= 11 is 0. The molecule has 1 aromatic heterocycles. The zero-order valence-corrected chi connectivity index (χ0v) is 25.0. The monoisotopic (exact) mass is 551 g/mol. The second-order valence-electron chi connectivity index (χ2n) is 11.3. The first-order valence-corrected chi connectivity index (χ1v) is 15.3. The number of aromatic nitrogens is 2. The zero-order chi connectivity index (χ0) is 28.4. The Balaban J connectivity index is 1.57. The highest BCUT2D eigenvalue weighted by atomic mass is 16.5. The van der Waals surface area contributed by atoms with E-state index < -0.39 is 0 Å². The van der Waals surface area contributed by atoms with Crippen LogP contribution in [0.5, 0.6) is 11.5 Å². The van der Waals surface area contributed by atoms with Gasteiger partial charge >= 0.3 is 0 Å². The number of nitrogens with zero attached hydrogens (tertiary/aromatic N) is 3. The van der Waals surface area contributed by atoms with E-state index in [-0.39, 0.29) is 0 Å². The molecule has 1 heterocycles. The lowest BCUT2D eigenvalue weighted by atomic mass is 9.89. The average molecular weight is 552 g/mol. The van der Waals surface area contributed by atoms with Gasteiger partial charge in [-0.1, -0.05) is 99.3 Å². The van der Waals surface area contributed by atoms with Crippen LogP contribution in [0.15, 0.2) is 78.9 Å². The number of ether oxygens (including phenoxy) is 2. The lowest BCUT2D eigenvalue weighted by Gasteiger charge is -2.30. The molecule has 1 aliphatic carbocycles. The number of methoxy groups -OCH3 is 2. The fraction of sp³-hybridized carbons (Fsp3) is 0.417. The van der Waals surface area contributed by atoms with Gasteiger partial charge in [0.05, 0.1) is 25.6 Å². The van der Waals surface area contributed by atoms with E-state index in [1.165, 1.54) is 54.5 Å². The smallest absolute Gasteiger partial charge is 0.161 e. The Bertz CT molecular complexity index is 1360. The lowest BCUT2D eigenvalue weighted by molar-refractivity contribution is 0.183. The third-order valence-electron chi connectivity index (χ3n) is 8.36. The van der Waals surface area contributed by atoms with Crippen molar-refractivity contribution in [3.05, 3.63) is 90.1 Å². The van der Waals surface area contributed by atoms with Gasteiger partial charge in [0.1, 0.15) is 5.82 Å². The lowest BCUT2D eigenvalue weighted by Crippen LogP contribution is -2.31. The first kappa shape index (κ1) is 28.9. The van der Waals surface area contributed by atoms with E-state index in [2.05, 4.69) is 89.2 Å². The summed E-state index contributed by atoms with van der Waals surface area (Å²) in [6.07, 6.45) is 8.96. The Labute approximate surface area is 246 Å². The van der Waals surface area contributed by atoms with Crippen LogP contribution in [0.2, 0.25) is 0 Å². The zero-order valence-electron chi connectivity index (χ0n) is 25.0. The summed E-state index contributed by atoms with van der Waals surface area (Å²) in [6.45, 7) is 6.01. The number of imidazole rings is 1. The summed E-state index contributed by atoms with van der Waals surface area (Å²) in [5.41, 5.74) is 5.99. The van der Waals surface area contributed by atoms with Crippen LogP contribution in [0.25, 0.3) is 22.6 Å². The van der Waals surface area contributed by atoms with Crippen LogP contribution >= 0.6 is 0 Å². The van der Waals surface area contributed by atoms with Gasteiger partial charge in [0.25, 0.3) is 0 Å². The van der Waals surface area contributed by atoms with Crippen LogP contribution in [-0.4, -0.2) is 35.2 Å². The highest BCUT2D eigenvalue weighted by Gasteiger charge is 2.24. The molecule has 0 unspecified atom stereocenters. The highest BCUT2D eigenvalue weighted by Crippen LogP contribution is 2.34. The van der Waals surface area contributed by atoms with Crippen molar-refractivity contribution in [2.45, 2.75) is 71.5 Å². The van der Waals surface area contributed by atoms with Gasteiger partial charge in [-0.05, 0) is 42.9 Å². The Hall–Kier alpha value is -3.57. The average Bonchev–Trinajstić information content (AvgIpc) is 3.38. The summed E-state index contributed by atoms with van der Waals surface area (Å²) in [7, 11) is 3.41. The molecule has 0 N–H and O–H groups in total. The van der Waals surface area contributed by atoms with Gasteiger partial charge in [0.2, 0.25) is 0 Å². The van der Waals surface area contributed by atoms with Crippen molar-refractivity contribution in [3.63, 3.8) is 0 Å². The van der Waals surface area contributed by atoms with E-state index in [1.807, 2.05) is 6.07 Å². The summed E-state index contributed by atoms with van der Waals surface area (Å²) in [6, 6.07) is 27.7. The minimum absolute atomic E-state index is 0.727. The van der Waals surface area contributed by atoms with Gasteiger partial charge in [-0.2, -0.15) is 0 Å². The van der Waals surface area contributed by atoms with E-state index in [4.69, 9.17) is 14.5 Å². The Kier molecular flexibility index (Phi) is 10.1. The maximum atomic E-state index is 5.66. The van der Waals surface area contributed by atoms with E-state index in [0.717, 1.165) is 68.0 Å². The molecule has 0 amide bonds. The molecular weight excluding hydrogens is 506 g/mol. The maximum absolute atomic E-state index is 5.66. The van der Waals surface area contributed by atoms with Crippen molar-refractivity contribution in [1.29, 1.82) is 0 Å². The van der Waals surface area contributed by atoms with Crippen LogP contribution in [0, 0.1) is 5.92 Å². The van der Waals surface area contributed by atoms with Gasteiger partial charge in [-0.25, -0.2) is 4.98 Å². The van der Waals surface area contributed by atoms with Gasteiger partial charge in [0, 0.05) is 37.3 Å². The van der Waals surface area contributed by atoms with Crippen molar-refractivity contribution < 1.29 is 9.47 Å². The molecule has 0 atom stereocenters. The second-order valence-corrected chi connectivity index (χ2v) is 11.3. The molecule has 3 aromatic carbocycles. The highest BCUT2D eigenvalue weighted by molar-refractivity contribution is 5.68. The molecule has 1 saturated carbocycles. The Morgan fingerprint density at radius 3 is 2.15 bits per heavy atom. The molecule has 41 heavy (non-hydrogen) atoms. The van der Waals surface area contributed by atoms with Crippen LogP contribution < -0.4 is 9.47 Å². The van der Waals surface area contributed by atoms with Crippen LogP contribution in [0.1, 0.15) is 63.1 Å². The van der Waals surface area contributed by atoms with Crippen molar-refractivity contribution >= 4 is 0 Å². The molecule has 5 rings (SSSR count). The summed E-state index contributed by atoms with van der Waals surface area (Å²) in [4.78, 5) is 8.01. The predicted molar refractivity (Wildman–Crippen MR) is 168 cm³/mol. The molecule has 4 aromatic rings. The largest absolute Gasteiger partial charge is 0.493 e. The number of unbranched alkanes of at least 4 members (excludes halogenated alkanes) is 1.